The lowest BCUT2D eigenvalue weighted by atomic mass is 10.0. The average molecular weight is 338 g/mol. The summed E-state index contributed by atoms with van der Waals surface area (Å²) in [7, 11) is 0. The number of aliphatic hydroxyl groups is 1. The number of hydrogen-bond donors (Lipinski definition) is 2. The van der Waals surface area contributed by atoms with E-state index in [1.807, 2.05) is 24.3 Å². The summed E-state index contributed by atoms with van der Waals surface area (Å²) >= 11 is 0. The highest BCUT2D eigenvalue weighted by atomic mass is 16.4. The van der Waals surface area contributed by atoms with E-state index in [1.54, 1.807) is 29.3 Å². The number of nitrogens with zero attached hydrogens (tertiary/aromatic N) is 3. The first-order chi connectivity index (χ1) is 12.2. The van der Waals surface area contributed by atoms with Gasteiger partial charge in [-0.2, -0.15) is 4.98 Å². The van der Waals surface area contributed by atoms with Crippen molar-refractivity contribution in [3.63, 3.8) is 0 Å². The molecule has 2 N–H and O–H groups in total. The molecule has 0 saturated carbocycles. The summed E-state index contributed by atoms with van der Waals surface area (Å²) in [5, 5.41) is 13.6. The fourth-order valence-electron chi connectivity index (χ4n) is 3.03. The van der Waals surface area contributed by atoms with Crippen molar-refractivity contribution in [3.05, 3.63) is 54.4 Å². The number of amides is 1. The molecule has 7 heteroatoms. The molecule has 0 bridgehead atoms. The Morgan fingerprint density at radius 1 is 1.24 bits per heavy atom. The molecule has 1 fully saturated rings. The van der Waals surface area contributed by atoms with Crippen LogP contribution in [-0.4, -0.2) is 51.1 Å². The van der Waals surface area contributed by atoms with Crippen molar-refractivity contribution in [2.45, 2.75) is 18.6 Å². The second-order valence-electron chi connectivity index (χ2n) is 6.06. The van der Waals surface area contributed by atoms with Crippen LogP contribution in [0.3, 0.4) is 0 Å². The molecule has 1 amide bonds. The number of carbonyl (C=O) groups is 1. The van der Waals surface area contributed by atoms with Gasteiger partial charge >= 0.3 is 0 Å². The van der Waals surface area contributed by atoms with E-state index >= 15 is 0 Å². The summed E-state index contributed by atoms with van der Waals surface area (Å²) in [5.41, 5.74) is 1.85. The Bertz CT molecular complexity index is 847. The van der Waals surface area contributed by atoms with Crippen LogP contribution in [0.4, 0.5) is 6.01 Å². The molecule has 1 aliphatic rings. The molecule has 7 nitrogen and oxygen atoms in total. The van der Waals surface area contributed by atoms with Crippen molar-refractivity contribution in [2.75, 3.05) is 18.4 Å². The van der Waals surface area contributed by atoms with Crippen LogP contribution >= 0.6 is 0 Å². The van der Waals surface area contributed by atoms with Crippen molar-refractivity contribution in [1.82, 2.24) is 14.9 Å². The van der Waals surface area contributed by atoms with E-state index in [9.17, 15) is 9.90 Å². The van der Waals surface area contributed by atoms with Crippen molar-refractivity contribution in [2.24, 2.45) is 0 Å². The van der Waals surface area contributed by atoms with E-state index in [2.05, 4.69) is 15.3 Å². The van der Waals surface area contributed by atoms with Gasteiger partial charge in [-0.15, -0.1) is 0 Å². The lowest BCUT2D eigenvalue weighted by molar-refractivity contribution is 0.0419. The Morgan fingerprint density at radius 2 is 2.08 bits per heavy atom. The minimum absolute atomic E-state index is 0.167. The Hall–Kier alpha value is -2.93. The van der Waals surface area contributed by atoms with Crippen LogP contribution in [0.2, 0.25) is 0 Å². The number of likely N-dealkylation sites (tertiary alicyclic amines) is 1. The lowest BCUT2D eigenvalue weighted by Crippen LogP contribution is -2.51. The number of oxazole rings is 1. The highest BCUT2D eigenvalue weighted by Gasteiger charge is 2.31. The molecular weight excluding hydrogens is 320 g/mol. The Balaban J connectivity index is 1.42. The summed E-state index contributed by atoms with van der Waals surface area (Å²) < 4.78 is 5.64. The number of carbonyl (C=O) groups excluding carboxylic acids is 1. The van der Waals surface area contributed by atoms with Crippen molar-refractivity contribution < 1.29 is 14.3 Å². The number of anilines is 1. The van der Waals surface area contributed by atoms with Crippen molar-refractivity contribution in [1.29, 1.82) is 0 Å². The van der Waals surface area contributed by atoms with Crippen LogP contribution in [0.1, 0.15) is 16.9 Å². The van der Waals surface area contributed by atoms with E-state index < -0.39 is 6.10 Å². The molecule has 2 atom stereocenters. The number of fused-ring (bicyclic) bond motifs is 1. The van der Waals surface area contributed by atoms with Gasteiger partial charge in [0.2, 0.25) is 0 Å². The number of para-hydroxylation sites is 2. The third-order valence-corrected chi connectivity index (χ3v) is 4.36. The van der Waals surface area contributed by atoms with Gasteiger partial charge in [0.05, 0.1) is 12.1 Å². The fourth-order valence-corrected chi connectivity index (χ4v) is 3.03. The fraction of sp³-hybridized carbons (Fsp3) is 0.278. The molecule has 4 rings (SSSR count). The smallest absolute Gasteiger partial charge is 0.295 e. The second kappa shape index (κ2) is 6.52. The number of piperidine rings is 1. The van der Waals surface area contributed by atoms with Gasteiger partial charge in [0.25, 0.3) is 11.9 Å². The Morgan fingerprint density at radius 3 is 2.84 bits per heavy atom. The zero-order valence-corrected chi connectivity index (χ0v) is 13.5. The van der Waals surface area contributed by atoms with Gasteiger partial charge in [0.15, 0.2) is 5.58 Å². The predicted octanol–water partition coefficient (Wildman–Crippen LogP) is 1.91. The quantitative estimate of drug-likeness (QED) is 0.758. The zero-order chi connectivity index (χ0) is 17.2. The maximum atomic E-state index is 12.4. The van der Waals surface area contributed by atoms with Crippen molar-refractivity contribution in [3.8, 4) is 0 Å². The molecule has 0 aliphatic carbocycles. The summed E-state index contributed by atoms with van der Waals surface area (Å²) in [4.78, 5) is 22.5. The first-order valence-electron chi connectivity index (χ1n) is 8.21. The molecule has 0 unspecified atom stereocenters. The van der Waals surface area contributed by atoms with Crippen LogP contribution in [0.25, 0.3) is 11.1 Å². The van der Waals surface area contributed by atoms with Crippen LogP contribution in [0.15, 0.2) is 53.1 Å². The number of benzene rings is 1. The molecule has 1 saturated heterocycles. The third-order valence-electron chi connectivity index (χ3n) is 4.36. The molecule has 1 aromatic carbocycles. The summed E-state index contributed by atoms with van der Waals surface area (Å²) in [6.45, 7) is 0.775. The van der Waals surface area contributed by atoms with Gasteiger partial charge in [0.1, 0.15) is 11.2 Å². The molecule has 3 aromatic rings. The first-order valence-corrected chi connectivity index (χ1v) is 8.21. The molecular formula is C18H18N4O3. The van der Waals surface area contributed by atoms with E-state index in [-0.39, 0.29) is 18.5 Å². The number of aromatic nitrogens is 2. The molecule has 2 aromatic heterocycles. The van der Waals surface area contributed by atoms with Gasteiger partial charge in [-0.05, 0) is 30.7 Å². The molecule has 25 heavy (non-hydrogen) atoms. The largest absolute Gasteiger partial charge is 0.424 e. The number of rotatable bonds is 3. The van der Waals surface area contributed by atoms with Gasteiger partial charge < -0.3 is 19.7 Å². The van der Waals surface area contributed by atoms with Crippen molar-refractivity contribution >= 4 is 23.0 Å². The standard InChI is InChI=1S/C18H18N4O3/c23-15-11-22(17(24)14-6-3-4-9-19-14)10-8-12(15)20-18-21-13-5-1-2-7-16(13)25-18/h1-7,9,12,15,23H,8,10-11H2,(H,20,21)/t12-,15-/m1/s1. The number of hydrogen-bond acceptors (Lipinski definition) is 6. The number of aliphatic hydroxyl groups excluding tert-OH is 1. The summed E-state index contributed by atoms with van der Waals surface area (Å²) in [6, 6.07) is 12.9. The van der Waals surface area contributed by atoms with Gasteiger partial charge in [-0.25, -0.2) is 0 Å². The van der Waals surface area contributed by atoms with Crippen LogP contribution in [-0.2, 0) is 0 Å². The normalized spacial score (nSPS) is 20.6. The topological polar surface area (TPSA) is 91.5 Å². The van der Waals surface area contributed by atoms with E-state index in [1.165, 1.54) is 0 Å². The maximum Gasteiger partial charge on any atom is 0.295 e. The number of β-amino-alcohol motifs (C(OH)–C–C–N with tert-alkyl or cyclic N) is 1. The second-order valence-corrected chi connectivity index (χ2v) is 6.06. The minimum atomic E-state index is -0.712. The summed E-state index contributed by atoms with van der Waals surface area (Å²) in [6.07, 6.45) is 1.47. The van der Waals surface area contributed by atoms with Crippen LogP contribution < -0.4 is 5.32 Å². The first kappa shape index (κ1) is 15.6. The van der Waals surface area contributed by atoms with E-state index in [0.717, 1.165) is 5.52 Å². The van der Waals surface area contributed by atoms with Gasteiger partial charge in [0, 0.05) is 19.3 Å². The monoisotopic (exact) mass is 338 g/mol. The van der Waals surface area contributed by atoms with E-state index in [4.69, 9.17) is 4.42 Å². The summed E-state index contributed by atoms with van der Waals surface area (Å²) in [5.74, 6) is -0.167. The highest BCUT2D eigenvalue weighted by Crippen LogP contribution is 2.22. The highest BCUT2D eigenvalue weighted by molar-refractivity contribution is 5.92. The third kappa shape index (κ3) is 3.18. The Labute approximate surface area is 144 Å². The van der Waals surface area contributed by atoms with E-state index in [0.29, 0.717) is 30.3 Å². The minimum Gasteiger partial charge on any atom is -0.424 e. The number of nitrogens with one attached hydrogen (secondary N) is 1. The lowest BCUT2D eigenvalue weighted by Gasteiger charge is -2.35. The SMILES string of the molecule is O=C(c1ccccn1)N1CC[C@@H](Nc2nc3ccccc3o2)[C@H](O)C1. The Kier molecular flexibility index (Phi) is 4.07. The molecule has 0 radical (unpaired) electrons. The molecule has 0 spiro atoms. The molecule has 3 heterocycles. The molecule has 1 aliphatic heterocycles. The predicted molar refractivity (Wildman–Crippen MR) is 92.2 cm³/mol. The van der Waals surface area contributed by atoms with Crippen LogP contribution in [0, 0.1) is 0 Å². The zero-order valence-electron chi connectivity index (χ0n) is 13.5. The van der Waals surface area contributed by atoms with Crippen LogP contribution in [0.5, 0.6) is 0 Å². The van der Waals surface area contributed by atoms with Gasteiger partial charge in [-0.1, -0.05) is 18.2 Å². The average Bonchev–Trinajstić information content (AvgIpc) is 3.06. The molecule has 128 valence electrons. The maximum absolute atomic E-state index is 12.4. The number of pyridine rings is 1. The van der Waals surface area contributed by atoms with Gasteiger partial charge in [-0.3, -0.25) is 9.78 Å².